The van der Waals surface area contributed by atoms with Gasteiger partial charge in [0.2, 0.25) is 5.91 Å². The molecule has 5 heteroatoms. The van der Waals surface area contributed by atoms with Crippen LogP contribution >= 0.6 is 15.9 Å². The first-order valence-electron chi connectivity index (χ1n) is 7.07. The molecule has 1 amide bonds. The van der Waals surface area contributed by atoms with Crippen molar-refractivity contribution in [1.29, 1.82) is 0 Å². The molecule has 1 aromatic carbocycles. The number of amides is 1. The maximum Gasteiger partial charge on any atom is 0.240 e. The zero-order valence-corrected chi connectivity index (χ0v) is 13.6. The summed E-state index contributed by atoms with van der Waals surface area (Å²) in [5.74, 6) is -0.236. The normalized spacial score (nSPS) is 18.8. The number of nitrogens with zero attached hydrogens (tertiary/aromatic N) is 1. The van der Waals surface area contributed by atoms with Crippen molar-refractivity contribution >= 4 is 27.5 Å². The van der Waals surface area contributed by atoms with Gasteiger partial charge in [0.25, 0.3) is 0 Å². The van der Waals surface area contributed by atoms with Gasteiger partial charge in [-0.05, 0) is 46.5 Å². The van der Waals surface area contributed by atoms with E-state index >= 15 is 0 Å². The van der Waals surface area contributed by atoms with E-state index in [-0.39, 0.29) is 11.9 Å². The summed E-state index contributed by atoms with van der Waals surface area (Å²) in [5, 5.41) is 3.40. The first-order chi connectivity index (χ1) is 9.49. The molecule has 0 aliphatic carbocycles. The smallest absolute Gasteiger partial charge is 0.240 e. The van der Waals surface area contributed by atoms with Crippen LogP contribution in [0.25, 0.3) is 0 Å². The molecular weight excluding hydrogens is 318 g/mol. The van der Waals surface area contributed by atoms with E-state index in [0.29, 0.717) is 6.04 Å². The van der Waals surface area contributed by atoms with Crippen molar-refractivity contribution in [2.45, 2.75) is 45.3 Å². The number of hydrogen-bond donors (Lipinski definition) is 2. The van der Waals surface area contributed by atoms with Crippen molar-refractivity contribution in [1.82, 2.24) is 5.32 Å². The molecule has 0 bridgehead atoms. The molecule has 4 nitrogen and oxygen atoms in total. The predicted octanol–water partition coefficient (Wildman–Crippen LogP) is 2.40. The highest BCUT2D eigenvalue weighted by atomic mass is 79.9. The van der Waals surface area contributed by atoms with Gasteiger partial charge >= 0.3 is 0 Å². The van der Waals surface area contributed by atoms with Gasteiger partial charge in [-0.25, -0.2) is 0 Å². The van der Waals surface area contributed by atoms with Crippen LogP contribution in [0.1, 0.15) is 32.3 Å². The van der Waals surface area contributed by atoms with Crippen LogP contribution in [0.2, 0.25) is 0 Å². The van der Waals surface area contributed by atoms with E-state index in [1.165, 1.54) is 5.56 Å². The van der Waals surface area contributed by atoms with Crippen LogP contribution in [-0.4, -0.2) is 24.5 Å². The highest BCUT2D eigenvalue weighted by molar-refractivity contribution is 9.10. The first-order valence-corrected chi connectivity index (χ1v) is 7.86. The lowest BCUT2D eigenvalue weighted by atomic mass is 10.1. The molecule has 1 heterocycles. The summed E-state index contributed by atoms with van der Waals surface area (Å²) in [7, 11) is 0. The maximum absolute atomic E-state index is 11.5. The van der Waals surface area contributed by atoms with E-state index in [0.717, 1.165) is 36.1 Å². The lowest BCUT2D eigenvalue weighted by molar-refractivity contribution is -0.119. The largest absolute Gasteiger partial charge is 0.368 e. The number of carbonyl (C=O) groups excluding carboxylic acids is 1. The minimum Gasteiger partial charge on any atom is -0.368 e. The van der Waals surface area contributed by atoms with Crippen LogP contribution in [-0.2, 0) is 11.3 Å². The molecule has 3 N–H and O–H groups in total. The number of benzene rings is 1. The third-order valence-corrected chi connectivity index (χ3v) is 4.25. The predicted molar refractivity (Wildman–Crippen MR) is 85.7 cm³/mol. The molecule has 110 valence electrons. The van der Waals surface area contributed by atoms with Gasteiger partial charge in [0.1, 0.15) is 6.04 Å². The molecule has 20 heavy (non-hydrogen) atoms. The molecule has 1 unspecified atom stereocenters. The molecular formula is C15H22BrN3O. The quantitative estimate of drug-likeness (QED) is 0.865. The van der Waals surface area contributed by atoms with E-state index in [2.05, 4.69) is 58.2 Å². The van der Waals surface area contributed by atoms with Crippen molar-refractivity contribution in [2.75, 3.05) is 11.4 Å². The zero-order chi connectivity index (χ0) is 14.7. The second-order valence-electron chi connectivity index (χ2n) is 5.58. The Morgan fingerprint density at radius 3 is 2.90 bits per heavy atom. The summed E-state index contributed by atoms with van der Waals surface area (Å²) in [4.78, 5) is 13.6. The lowest BCUT2D eigenvalue weighted by Gasteiger charge is -2.26. The summed E-state index contributed by atoms with van der Waals surface area (Å²) in [6, 6.07) is 6.58. The Morgan fingerprint density at radius 2 is 2.30 bits per heavy atom. The molecule has 0 radical (unpaired) electrons. The number of rotatable bonds is 5. The molecule has 1 fully saturated rings. The molecule has 1 atom stereocenters. The zero-order valence-electron chi connectivity index (χ0n) is 12.0. The Labute approximate surface area is 128 Å². The number of halogens is 1. The van der Waals surface area contributed by atoms with Crippen LogP contribution in [0.4, 0.5) is 5.69 Å². The number of anilines is 1. The standard InChI is InChI=1S/C15H22BrN3O/c1-10(2)18-9-11-5-6-13(12(16)8-11)19-7-3-4-14(19)15(17)20/h5-6,8,10,14,18H,3-4,7,9H2,1-2H3,(H2,17,20). The first kappa shape index (κ1) is 15.3. The minimum absolute atomic E-state index is 0.175. The van der Waals surface area contributed by atoms with Gasteiger partial charge in [-0.15, -0.1) is 0 Å². The van der Waals surface area contributed by atoms with Crippen LogP contribution in [0.5, 0.6) is 0 Å². The molecule has 1 aliphatic heterocycles. The van der Waals surface area contributed by atoms with Crippen LogP contribution < -0.4 is 16.0 Å². The van der Waals surface area contributed by atoms with Crippen LogP contribution in [0.15, 0.2) is 22.7 Å². The Kier molecular flexibility index (Phi) is 5.05. The average molecular weight is 340 g/mol. The van der Waals surface area contributed by atoms with Gasteiger partial charge in [0, 0.05) is 23.6 Å². The summed E-state index contributed by atoms with van der Waals surface area (Å²) >= 11 is 3.62. The van der Waals surface area contributed by atoms with Gasteiger partial charge in [-0.1, -0.05) is 19.9 Å². The van der Waals surface area contributed by atoms with Crippen molar-refractivity contribution in [2.24, 2.45) is 5.73 Å². The van der Waals surface area contributed by atoms with E-state index in [4.69, 9.17) is 5.73 Å². The average Bonchev–Trinajstić information content (AvgIpc) is 2.85. The Balaban J connectivity index is 2.15. The van der Waals surface area contributed by atoms with Crippen LogP contribution in [0.3, 0.4) is 0 Å². The van der Waals surface area contributed by atoms with E-state index in [1.807, 2.05) is 0 Å². The van der Waals surface area contributed by atoms with Crippen molar-refractivity contribution < 1.29 is 4.79 Å². The summed E-state index contributed by atoms with van der Waals surface area (Å²) in [6.07, 6.45) is 1.86. The molecule has 1 aliphatic rings. The fourth-order valence-electron chi connectivity index (χ4n) is 2.57. The molecule has 0 aromatic heterocycles. The highest BCUT2D eigenvalue weighted by Crippen LogP contribution is 2.32. The lowest BCUT2D eigenvalue weighted by Crippen LogP contribution is -2.40. The number of hydrogen-bond acceptors (Lipinski definition) is 3. The Morgan fingerprint density at radius 1 is 1.55 bits per heavy atom. The molecule has 1 aromatic rings. The van der Waals surface area contributed by atoms with Gasteiger partial charge in [0.15, 0.2) is 0 Å². The monoisotopic (exact) mass is 339 g/mol. The van der Waals surface area contributed by atoms with E-state index in [1.54, 1.807) is 0 Å². The summed E-state index contributed by atoms with van der Waals surface area (Å²) in [6.45, 7) is 5.99. The fraction of sp³-hybridized carbons (Fsp3) is 0.533. The maximum atomic E-state index is 11.5. The highest BCUT2D eigenvalue weighted by Gasteiger charge is 2.30. The minimum atomic E-state index is -0.236. The number of carbonyl (C=O) groups is 1. The Bertz CT molecular complexity index is 490. The molecule has 1 saturated heterocycles. The topological polar surface area (TPSA) is 58.4 Å². The molecule has 0 saturated carbocycles. The molecule has 2 rings (SSSR count). The van der Waals surface area contributed by atoms with Crippen molar-refractivity contribution in [3.8, 4) is 0 Å². The third kappa shape index (κ3) is 3.52. The van der Waals surface area contributed by atoms with E-state index < -0.39 is 0 Å². The number of nitrogens with one attached hydrogen (secondary N) is 1. The summed E-state index contributed by atoms with van der Waals surface area (Å²) in [5.41, 5.74) is 7.76. The Hall–Kier alpha value is -1.07. The molecule has 0 spiro atoms. The van der Waals surface area contributed by atoms with Crippen molar-refractivity contribution in [3.05, 3.63) is 28.2 Å². The van der Waals surface area contributed by atoms with Gasteiger partial charge in [0.05, 0.1) is 5.69 Å². The number of primary amides is 1. The SMILES string of the molecule is CC(C)NCc1ccc(N2CCCC2C(N)=O)c(Br)c1. The van der Waals surface area contributed by atoms with Gasteiger partial charge in [-0.2, -0.15) is 0 Å². The number of nitrogens with two attached hydrogens (primary N) is 1. The van der Waals surface area contributed by atoms with E-state index in [9.17, 15) is 4.79 Å². The third-order valence-electron chi connectivity index (χ3n) is 3.62. The van der Waals surface area contributed by atoms with Gasteiger partial charge in [-0.3, -0.25) is 4.79 Å². The van der Waals surface area contributed by atoms with Crippen LogP contribution in [0, 0.1) is 0 Å². The second-order valence-corrected chi connectivity index (χ2v) is 6.43. The second kappa shape index (κ2) is 6.59. The fourth-order valence-corrected chi connectivity index (χ4v) is 3.22. The van der Waals surface area contributed by atoms with Crippen molar-refractivity contribution in [3.63, 3.8) is 0 Å². The van der Waals surface area contributed by atoms with Gasteiger partial charge < -0.3 is 16.0 Å². The summed E-state index contributed by atoms with van der Waals surface area (Å²) < 4.78 is 1.02.